The summed E-state index contributed by atoms with van der Waals surface area (Å²) in [6.07, 6.45) is 0. The zero-order valence-corrected chi connectivity index (χ0v) is 11.3. The Bertz CT molecular complexity index is 549. The second-order valence-corrected chi connectivity index (χ2v) is 5.08. The van der Waals surface area contributed by atoms with Crippen molar-refractivity contribution in [1.29, 1.82) is 5.41 Å². The lowest BCUT2D eigenvalue weighted by molar-refractivity contribution is 0.413. The second kappa shape index (κ2) is 5.74. The van der Waals surface area contributed by atoms with Gasteiger partial charge in [0.1, 0.15) is 5.75 Å². The van der Waals surface area contributed by atoms with E-state index in [9.17, 15) is 0 Å². The Morgan fingerprint density at radius 1 is 1.06 bits per heavy atom. The normalized spacial score (nSPS) is 10.1. The molecule has 0 saturated carbocycles. The molecule has 92 valence electrons. The van der Waals surface area contributed by atoms with Gasteiger partial charge in [0.05, 0.1) is 7.11 Å². The summed E-state index contributed by atoms with van der Waals surface area (Å²) in [5.74, 6) is 0.868. The van der Waals surface area contributed by atoms with Gasteiger partial charge in [0.15, 0.2) is 0 Å². The number of ether oxygens (including phenoxy) is 1. The number of hydrogen-bond acceptors (Lipinski definition) is 3. The Morgan fingerprint density at radius 2 is 1.78 bits per heavy atom. The molecule has 0 heterocycles. The van der Waals surface area contributed by atoms with Crippen LogP contribution in [0.5, 0.6) is 5.75 Å². The van der Waals surface area contributed by atoms with Gasteiger partial charge in [-0.3, -0.25) is 0 Å². The van der Waals surface area contributed by atoms with Gasteiger partial charge in [-0.05, 0) is 42.8 Å². The number of methoxy groups -OCH3 is 1. The van der Waals surface area contributed by atoms with Crippen LogP contribution in [-0.4, -0.2) is 12.8 Å². The summed E-state index contributed by atoms with van der Waals surface area (Å²) in [5.41, 5.74) is 1.55. The monoisotopic (exact) mass is 257 g/mol. The lowest BCUT2D eigenvalue weighted by Crippen LogP contribution is -1.90. The van der Waals surface area contributed by atoms with Crippen molar-refractivity contribution in [2.24, 2.45) is 0 Å². The van der Waals surface area contributed by atoms with Gasteiger partial charge < -0.3 is 10.1 Å². The van der Waals surface area contributed by atoms with Crippen LogP contribution in [0.4, 0.5) is 0 Å². The summed E-state index contributed by atoms with van der Waals surface area (Å²) in [6, 6.07) is 16.0. The van der Waals surface area contributed by atoms with Crippen LogP contribution in [0.1, 0.15) is 12.5 Å². The summed E-state index contributed by atoms with van der Waals surface area (Å²) in [5, 5.41) is 7.56. The van der Waals surface area contributed by atoms with Crippen molar-refractivity contribution in [1.82, 2.24) is 0 Å². The molecule has 0 aromatic heterocycles. The smallest absolute Gasteiger partial charge is 0.119 e. The molecule has 0 amide bonds. The van der Waals surface area contributed by atoms with Gasteiger partial charge in [-0.2, -0.15) is 0 Å². The van der Waals surface area contributed by atoms with Gasteiger partial charge in [0, 0.05) is 15.5 Å². The summed E-state index contributed by atoms with van der Waals surface area (Å²) >= 11 is 1.69. The maximum Gasteiger partial charge on any atom is 0.119 e. The summed E-state index contributed by atoms with van der Waals surface area (Å²) in [7, 11) is 1.67. The minimum Gasteiger partial charge on any atom is -0.497 e. The van der Waals surface area contributed by atoms with Crippen LogP contribution in [0.3, 0.4) is 0 Å². The number of nitrogens with one attached hydrogen (secondary N) is 1. The van der Waals surface area contributed by atoms with Crippen molar-refractivity contribution in [3.05, 3.63) is 54.1 Å². The first-order chi connectivity index (χ1) is 8.69. The first-order valence-corrected chi connectivity index (χ1v) is 6.48. The van der Waals surface area contributed by atoms with Gasteiger partial charge in [0.25, 0.3) is 0 Å². The number of benzene rings is 2. The van der Waals surface area contributed by atoms with Crippen LogP contribution in [0.15, 0.2) is 58.3 Å². The third kappa shape index (κ3) is 3.14. The van der Waals surface area contributed by atoms with Gasteiger partial charge in [-0.1, -0.05) is 30.0 Å². The number of rotatable bonds is 4. The molecular formula is C15H15NOS. The van der Waals surface area contributed by atoms with E-state index in [4.69, 9.17) is 10.1 Å². The Morgan fingerprint density at radius 3 is 2.39 bits per heavy atom. The lowest BCUT2D eigenvalue weighted by Gasteiger charge is -2.05. The summed E-state index contributed by atoms with van der Waals surface area (Å²) < 4.78 is 5.20. The van der Waals surface area contributed by atoms with E-state index in [-0.39, 0.29) is 0 Å². The molecule has 2 aromatic rings. The maximum atomic E-state index is 7.56. The van der Waals surface area contributed by atoms with Gasteiger partial charge in [-0.15, -0.1) is 0 Å². The van der Waals surface area contributed by atoms with E-state index in [1.165, 1.54) is 0 Å². The Hall–Kier alpha value is -1.74. The Balaban J connectivity index is 2.15. The molecule has 0 unspecified atom stereocenters. The van der Waals surface area contributed by atoms with E-state index in [1.807, 2.05) is 42.5 Å². The molecule has 0 saturated heterocycles. The highest BCUT2D eigenvalue weighted by Crippen LogP contribution is 2.30. The predicted molar refractivity (Wildman–Crippen MR) is 76.1 cm³/mol. The lowest BCUT2D eigenvalue weighted by atomic mass is 10.1. The molecule has 0 aliphatic heterocycles. The third-order valence-corrected chi connectivity index (χ3v) is 3.56. The zero-order valence-electron chi connectivity index (χ0n) is 10.4. The molecule has 0 fully saturated rings. The van der Waals surface area contributed by atoms with Crippen LogP contribution in [0.25, 0.3) is 0 Å². The number of hydrogen-bond donors (Lipinski definition) is 1. The van der Waals surface area contributed by atoms with Crippen LogP contribution in [-0.2, 0) is 0 Å². The maximum absolute atomic E-state index is 7.56. The molecule has 0 radical (unpaired) electrons. The van der Waals surface area contributed by atoms with Crippen LogP contribution < -0.4 is 4.74 Å². The standard InChI is InChI=1S/C15H15NOS/c1-11(16)12-6-8-14(9-7-12)18-15-5-3-4-13(10-15)17-2/h3-10,16H,1-2H3. The molecule has 2 aromatic carbocycles. The molecule has 2 rings (SSSR count). The first-order valence-electron chi connectivity index (χ1n) is 5.66. The van der Waals surface area contributed by atoms with Crippen molar-refractivity contribution in [2.45, 2.75) is 16.7 Å². The zero-order chi connectivity index (χ0) is 13.0. The molecular weight excluding hydrogens is 242 g/mol. The predicted octanol–water partition coefficient (Wildman–Crippen LogP) is 4.23. The molecule has 1 N–H and O–H groups in total. The Labute approximate surface area is 112 Å². The first kappa shape index (κ1) is 12.7. The van der Waals surface area contributed by atoms with E-state index < -0.39 is 0 Å². The van der Waals surface area contributed by atoms with Gasteiger partial charge in [0.2, 0.25) is 0 Å². The molecule has 0 bridgehead atoms. The molecule has 0 aliphatic rings. The molecule has 3 heteroatoms. The SMILES string of the molecule is COc1cccc(Sc2ccc(C(C)=N)cc2)c1. The largest absolute Gasteiger partial charge is 0.497 e. The minimum atomic E-state index is 0.591. The van der Waals surface area contributed by atoms with Crippen molar-refractivity contribution < 1.29 is 4.74 Å². The molecule has 0 spiro atoms. The van der Waals surface area contributed by atoms with Gasteiger partial charge in [-0.25, -0.2) is 0 Å². The van der Waals surface area contributed by atoms with Crippen LogP contribution in [0.2, 0.25) is 0 Å². The van der Waals surface area contributed by atoms with Crippen molar-refractivity contribution >= 4 is 17.5 Å². The van der Waals surface area contributed by atoms with Crippen LogP contribution >= 0.6 is 11.8 Å². The second-order valence-electron chi connectivity index (χ2n) is 3.93. The molecule has 2 nitrogen and oxygen atoms in total. The van der Waals surface area contributed by atoms with Crippen molar-refractivity contribution in [2.75, 3.05) is 7.11 Å². The summed E-state index contributed by atoms with van der Waals surface area (Å²) in [4.78, 5) is 2.31. The van der Waals surface area contributed by atoms with E-state index in [1.54, 1.807) is 25.8 Å². The highest BCUT2D eigenvalue weighted by molar-refractivity contribution is 7.99. The highest BCUT2D eigenvalue weighted by Gasteiger charge is 2.00. The highest BCUT2D eigenvalue weighted by atomic mass is 32.2. The summed E-state index contributed by atoms with van der Waals surface area (Å²) in [6.45, 7) is 1.80. The average Bonchev–Trinajstić information content (AvgIpc) is 2.39. The van der Waals surface area contributed by atoms with E-state index in [0.29, 0.717) is 5.71 Å². The van der Waals surface area contributed by atoms with Crippen LogP contribution in [0, 0.1) is 5.41 Å². The van der Waals surface area contributed by atoms with E-state index >= 15 is 0 Å². The fourth-order valence-corrected chi connectivity index (χ4v) is 2.44. The minimum absolute atomic E-state index is 0.591. The van der Waals surface area contributed by atoms with Gasteiger partial charge >= 0.3 is 0 Å². The van der Waals surface area contributed by atoms with Crippen molar-refractivity contribution in [3.63, 3.8) is 0 Å². The molecule has 0 atom stereocenters. The fourth-order valence-electron chi connectivity index (χ4n) is 1.57. The van der Waals surface area contributed by atoms with Crippen molar-refractivity contribution in [3.8, 4) is 5.75 Å². The Kier molecular flexibility index (Phi) is 4.05. The molecule has 18 heavy (non-hydrogen) atoms. The quantitative estimate of drug-likeness (QED) is 0.831. The third-order valence-electron chi connectivity index (χ3n) is 2.56. The topological polar surface area (TPSA) is 33.1 Å². The average molecular weight is 257 g/mol. The van der Waals surface area contributed by atoms with E-state index in [0.717, 1.165) is 21.1 Å². The van der Waals surface area contributed by atoms with E-state index in [2.05, 4.69) is 6.07 Å². The molecule has 0 aliphatic carbocycles. The fraction of sp³-hybridized carbons (Fsp3) is 0.133.